The van der Waals surface area contributed by atoms with Crippen molar-refractivity contribution in [3.05, 3.63) is 58.3 Å². The van der Waals surface area contributed by atoms with Crippen LogP contribution in [0.3, 0.4) is 0 Å². The number of amides is 1. The van der Waals surface area contributed by atoms with E-state index in [0.29, 0.717) is 20.6 Å². The maximum absolute atomic E-state index is 13.6. The molecule has 110 valence electrons. The summed E-state index contributed by atoms with van der Waals surface area (Å²) in [6, 6.07) is 11.1. The van der Waals surface area contributed by atoms with Gasteiger partial charge >= 0.3 is 0 Å². The monoisotopic (exact) mass is 343 g/mol. The quantitative estimate of drug-likeness (QED) is 0.768. The van der Waals surface area contributed by atoms with Crippen molar-refractivity contribution in [1.82, 2.24) is 0 Å². The first-order valence-electron chi connectivity index (χ1n) is 6.14. The van der Waals surface area contributed by atoms with Crippen LogP contribution in [0.15, 0.2) is 47.4 Å². The van der Waals surface area contributed by atoms with Gasteiger partial charge in [-0.2, -0.15) is 0 Å². The number of carbonyl (C=O) groups excluding carboxylic acids is 1. The smallest absolute Gasteiger partial charge is 0.237 e. The molecular formula is C15H12Cl2FNOS. The van der Waals surface area contributed by atoms with Crippen molar-refractivity contribution in [3.63, 3.8) is 0 Å². The van der Waals surface area contributed by atoms with Gasteiger partial charge in [0.05, 0.1) is 16.0 Å². The van der Waals surface area contributed by atoms with Gasteiger partial charge in [0.1, 0.15) is 5.82 Å². The number of hydrogen-bond acceptors (Lipinski definition) is 2. The maximum Gasteiger partial charge on any atom is 0.237 e. The zero-order valence-corrected chi connectivity index (χ0v) is 13.4. The van der Waals surface area contributed by atoms with Crippen molar-refractivity contribution in [3.8, 4) is 0 Å². The highest BCUT2D eigenvalue weighted by Crippen LogP contribution is 2.29. The molecule has 0 bridgehead atoms. The second-order valence-electron chi connectivity index (χ2n) is 4.30. The van der Waals surface area contributed by atoms with Crippen LogP contribution in [0.4, 0.5) is 10.1 Å². The molecule has 1 N–H and O–H groups in total. The average molecular weight is 344 g/mol. The Bertz CT molecular complexity index is 666. The van der Waals surface area contributed by atoms with Gasteiger partial charge in [-0.25, -0.2) is 4.39 Å². The molecule has 0 spiro atoms. The molecule has 21 heavy (non-hydrogen) atoms. The Morgan fingerprint density at radius 2 is 1.95 bits per heavy atom. The molecule has 2 aromatic carbocycles. The minimum absolute atomic E-state index is 0.271. The molecule has 0 radical (unpaired) electrons. The zero-order chi connectivity index (χ0) is 15.4. The first-order valence-corrected chi connectivity index (χ1v) is 7.78. The molecule has 2 rings (SSSR count). The number of rotatable bonds is 4. The van der Waals surface area contributed by atoms with Crippen molar-refractivity contribution in [2.45, 2.75) is 17.1 Å². The Kier molecular flexibility index (Phi) is 5.51. The second kappa shape index (κ2) is 7.16. The highest BCUT2D eigenvalue weighted by atomic mass is 35.5. The van der Waals surface area contributed by atoms with Crippen molar-refractivity contribution in [1.29, 1.82) is 0 Å². The minimum atomic E-state index is -0.475. The molecule has 1 atom stereocenters. The third-order valence-electron chi connectivity index (χ3n) is 2.70. The lowest BCUT2D eigenvalue weighted by Gasteiger charge is -2.13. The van der Waals surface area contributed by atoms with E-state index in [4.69, 9.17) is 23.2 Å². The summed E-state index contributed by atoms with van der Waals surface area (Å²) < 4.78 is 13.6. The van der Waals surface area contributed by atoms with Gasteiger partial charge in [-0.05, 0) is 37.3 Å². The molecule has 0 aliphatic carbocycles. The highest BCUT2D eigenvalue weighted by Gasteiger charge is 2.17. The third kappa shape index (κ3) is 4.37. The van der Waals surface area contributed by atoms with Crippen LogP contribution >= 0.6 is 35.0 Å². The topological polar surface area (TPSA) is 29.1 Å². The van der Waals surface area contributed by atoms with Crippen LogP contribution in [0.1, 0.15) is 6.92 Å². The van der Waals surface area contributed by atoms with E-state index in [2.05, 4.69) is 5.32 Å². The molecule has 0 unspecified atom stereocenters. The number of nitrogens with one attached hydrogen (secondary N) is 1. The van der Waals surface area contributed by atoms with Crippen LogP contribution in [0, 0.1) is 5.82 Å². The number of carbonyl (C=O) groups is 1. The van der Waals surface area contributed by atoms with Gasteiger partial charge in [-0.1, -0.05) is 35.3 Å². The summed E-state index contributed by atoms with van der Waals surface area (Å²) >= 11 is 13.0. The zero-order valence-electron chi connectivity index (χ0n) is 11.1. The molecule has 2 nitrogen and oxygen atoms in total. The van der Waals surface area contributed by atoms with E-state index in [1.807, 2.05) is 0 Å². The Hall–Kier alpha value is -1.23. The van der Waals surface area contributed by atoms with Crippen molar-refractivity contribution >= 4 is 46.6 Å². The van der Waals surface area contributed by atoms with E-state index in [-0.39, 0.29) is 11.7 Å². The molecule has 0 saturated carbocycles. The summed E-state index contributed by atoms with van der Waals surface area (Å²) in [7, 11) is 0. The molecule has 6 heteroatoms. The standard InChI is InChI=1S/C15H12Cl2FNOS/c1-9(21-14-5-3-2-4-12(14)18)15(20)19-13-8-10(16)6-7-11(13)17/h2-9H,1H3,(H,19,20)/t9-/m0/s1. The molecular weight excluding hydrogens is 332 g/mol. The van der Waals surface area contributed by atoms with Crippen LogP contribution < -0.4 is 5.32 Å². The first kappa shape index (κ1) is 16.1. The number of benzene rings is 2. The van der Waals surface area contributed by atoms with Crippen LogP contribution in [0.2, 0.25) is 10.0 Å². The van der Waals surface area contributed by atoms with Crippen LogP contribution in [-0.4, -0.2) is 11.2 Å². The molecule has 2 aromatic rings. The number of anilines is 1. The molecule has 0 aromatic heterocycles. The van der Waals surface area contributed by atoms with E-state index in [1.54, 1.807) is 43.3 Å². The molecule has 0 aliphatic rings. The van der Waals surface area contributed by atoms with Gasteiger partial charge in [-0.3, -0.25) is 4.79 Å². The SMILES string of the molecule is C[C@H](Sc1ccccc1F)C(=O)Nc1cc(Cl)ccc1Cl. The predicted molar refractivity (Wildman–Crippen MR) is 86.8 cm³/mol. The maximum atomic E-state index is 13.6. The molecule has 1 amide bonds. The number of halogens is 3. The first-order chi connectivity index (χ1) is 9.97. The minimum Gasteiger partial charge on any atom is -0.324 e. The molecule has 0 heterocycles. The van der Waals surface area contributed by atoms with Crippen molar-refractivity contribution in [2.24, 2.45) is 0 Å². The molecule has 0 saturated heterocycles. The van der Waals surface area contributed by atoms with Gasteiger partial charge in [0.2, 0.25) is 5.91 Å². The fraction of sp³-hybridized carbons (Fsp3) is 0.133. The van der Waals surface area contributed by atoms with Gasteiger partial charge in [0.25, 0.3) is 0 Å². The Balaban J connectivity index is 2.06. The highest BCUT2D eigenvalue weighted by molar-refractivity contribution is 8.00. The Labute approximate surface area is 136 Å². The lowest BCUT2D eigenvalue weighted by molar-refractivity contribution is -0.115. The average Bonchev–Trinajstić information content (AvgIpc) is 2.45. The van der Waals surface area contributed by atoms with E-state index >= 15 is 0 Å². The fourth-order valence-corrected chi connectivity index (χ4v) is 2.83. The molecule has 0 aliphatic heterocycles. The lowest BCUT2D eigenvalue weighted by Crippen LogP contribution is -2.22. The van der Waals surface area contributed by atoms with E-state index in [0.717, 1.165) is 11.8 Å². The largest absolute Gasteiger partial charge is 0.324 e. The lowest BCUT2D eigenvalue weighted by atomic mass is 10.3. The number of thioether (sulfide) groups is 1. The fourth-order valence-electron chi connectivity index (χ4n) is 1.61. The summed E-state index contributed by atoms with van der Waals surface area (Å²) in [5.41, 5.74) is 0.440. The summed E-state index contributed by atoms with van der Waals surface area (Å²) in [5.74, 6) is -0.615. The normalized spacial score (nSPS) is 12.0. The predicted octanol–water partition coefficient (Wildman–Crippen LogP) is 5.25. The summed E-state index contributed by atoms with van der Waals surface area (Å²) in [5, 5.41) is 3.09. The van der Waals surface area contributed by atoms with Gasteiger partial charge in [-0.15, -0.1) is 11.8 Å². The third-order valence-corrected chi connectivity index (χ3v) is 4.41. The van der Waals surface area contributed by atoms with Crippen molar-refractivity contribution < 1.29 is 9.18 Å². The summed E-state index contributed by atoms with van der Waals surface area (Å²) in [6.07, 6.45) is 0. The van der Waals surface area contributed by atoms with Crippen LogP contribution in [-0.2, 0) is 4.79 Å². The van der Waals surface area contributed by atoms with Crippen LogP contribution in [0.25, 0.3) is 0 Å². The Morgan fingerprint density at radius 1 is 1.24 bits per heavy atom. The summed E-state index contributed by atoms with van der Waals surface area (Å²) in [4.78, 5) is 12.6. The molecule has 0 fully saturated rings. The summed E-state index contributed by atoms with van der Waals surface area (Å²) in [6.45, 7) is 1.70. The van der Waals surface area contributed by atoms with E-state index < -0.39 is 5.25 Å². The van der Waals surface area contributed by atoms with Gasteiger partial charge in [0.15, 0.2) is 0 Å². The second-order valence-corrected chi connectivity index (χ2v) is 6.53. The van der Waals surface area contributed by atoms with E-state index in [9.17, 15) is 9.18 Å². The number of hydrogen-bond donors (Lipinski definition) is 1. The van der Waals surface area contributed by atoms with E-state index in [1.165, 1.54) is 6.07 Å². The van der Waals surface area contributed by atoms with Gasteiger partial charge in [0, 0.05) is 9.92 Å². The van der Waals surface area contributed by atoms with Gasteiger partial charge < -0.3 is 5.32 Å². The van der Waals surface area contributed by atoms with Crippen LogP contribution in [0.5, 0.6) is 0 Å². The van der Waals surface area contributed by atoms with Crippen molar-refractivity contribution in [2.75, 3.05) is 5.32 Å². The Morgan fingerprint density at radius 3 is 2.67 bits per heavy atom.